The number of allylic oxidation sites excluding steroid dienone is 4. The van der Waals surface area contributed by atoms with E-state index in [4.69, 9.17) is 0 Å². The summed E-state index contributed by atoms with van der Waals surface area (Å²) in [4.78, 5) is 0. The standard InChI is InChI=1S/C7H10F2.C7H8.C4H6/c1-5(2)7(9)4-6(3)8;1-7-5-3-2-4-6-7;1-3-4-2/h4H,1-3H3;2-6H,1H3;1-2H3/b6-4+;;. The van der Waals surface area contributed by atoms with Crippen molar-refractivity contribution in [3.05, 3.63) is 59.2 Å². The third-order valence-corrected chi connectivity index (χ3v) is 1.99. The molecule has 0 aliphatic heterocycles. The van der Waals surface area contributed by atoms with E-state index in [0.717, 1.165) is 6.08 Å². The second-order valence-electron chi connectivity index (χ2n) is 4.23. The maximum atomic E-state index is 12.3. The van der Waals surface area contributed by atoms with Crippen LogP contribution in [0.3, 0.4) is 0 Å². The highest BCUT2D eigenvalue weighted by molar-refractivity contribution is 5.17. The molecule has 0 aliphatic rings. The lowest BCUT2D eigenvalue weighted by molar-refractivity contribution is 0.609. The first-order valence-electron chi connectivity index (χ1n) is 6.37. The zero-order chi connectivity index (χ0) is 16.0. The van der Waals surface area contributed by atoms with Gasteiger partial charge in [-0.15, -0.1) is 11.8 Å². The number of hydrogen-bond acceptors (Lipinski definition) is 0. The summed E-state index contributed by atoms with van der Waals surface area (Å²) in [6.07, 6.45) is 0.870. The molecule has 0 nitrogen and oxygen atoms in total. The molecule has 0 saturated heterocycles. The summed E-state index contributed by atoms with van der Waals surface area (Å²) in [6, 6.07) is 10.3. The Labute approximate surface area is 122 Å². The van der Waals surface area contributed by atoms with Gasteiger partial charge in [-0.1, -0.05) is 35.9 Å². The molecule has 0 spiro atoms. The van der Waals surface area contributed by atoms with Crippen LogP contribution in [0.2, 0.25) is 0 Å². The highest BCUT2D eigenvalue weighted by Gasteiger charge is 1.91. The summed E-state index contributed by atoms with van der Waals surface area (Å²) in [5.74, 6) is 4.36. The van der Waals surface area contributed by atoms with E-state index in [2.05, 4.69) is 30.9 Å². The van der Waals surface area contributed by atoms with Crippen molar-refractivity contribution < 1.29 is 8.78 Å². The van der Waals surface area contributed by atoms with Crippen LogP contribution in [-0.4, -0.2) is 0 Å². The predicted molar refractivity (Wildman–Crippen MR) is 84.7 cm³/mol. The third-order valence-electron chi connectivity index (χ3n) is 1.99. The molecule has 20 heavy (non-hydrogen) atoms. The van der Waals surface area contributed by atoms with Gasteiger partial charge in [0.2, 0.25) is 0 Å². The molecule has 0 unspecified atom stereocenters. The van der Waals surface area contributed by atoms with Crippen LogP contribution in [0.15, 0.2) is 53.6 Å². The predicted octanol–water partition coefficient (Wildman–Crippen LogP) is 6.15. The van der Waals surface area contributed by atoms with Crippen molar-refractivity contribution in [2.75, 3.05) is 0 Å². The van der Waals surface area contributed by atoms with Crippen LogP contribution in [0, 0.1) is 18.8 Å². The number of rotatable bonds is 1. The molecule has 0 atom stereocenters. The molecule has 1 aromatic carbocycles. The summed E-state index contributed by atoms with van der Waals surface area (Å²) >= 11 is 0. The maximum Gasteiger partial charge on any atom is 0.124 e. The van der Waals surface area contributed by atoms with Crippen molar-refractivity contribution in [3.8, 4) is 11.8 Å². The third kappa shape index (κ3) is 16.1. The minimum absolute atomic E-state index is 0.491. The summed E-state index contributed by atoms with van der Waals surface area (Å²) < 4.78 is 24.2. The van der Waals surface area contributed by atoms with Crippen LogP contribution < -0.4 is 0 Å². The first kappa shape index (κ1) is 20.4. The van der Waals surface area contributed by atoms with Crippen LogP contribution in [0.1, 0.15) is 40.2 Å². The molecule has 0 aromatic heterocycles. The second-order valence-corrected chi connectivity index (χ2v) is 4.23. The SMILES string of the molecule is CC#CC.CC(C)=C(F)/C=C(\C)F.Cc1ccccc1. The monoisotopic (exact) mass is 278 g/mol. The van der Waals surface area contributed by atoms with Gasteiger partial charge in [-0.3, -0.25) is 0 Å². The molecule has 0 aliphatic carbocycles. The van der Waals surface area contributed by atoms with E-state index in [-0.39, 0.29) is 0 Å². The minimum Gasteiger partial charge on any atom is -0.212 e. The summed E-state index contributed by atoms with van der Waals surface area (Å²) in [5.41, 5.74) is 1.81. The Balaban J connectivity index is 0. The Bertz CT molecular complexity index is 457. The fraction of sp³-hybridized carbons (Fsp3) is 0.333. The molecule has 1 rings (SSSR count). The average Bonchev–Trinajstić information content (AvgIpc) is 2.40. The first-order valence-corrected chi connectivity index (χ1v) is 6.37. The van der Waals surface area contributed by atoms with Gasteiger partial charge in [-0.05, 0) is 47.1 Å². The topological polar surface area (TPSA) is 0 Å². The Kier molecular flexibility index (Phi) is 13.8. The van der Waals surface area contributed by atoms with Crippen molar-refractivity contribution >= 4 is 0 Å². The Morgan fingerprint density at radius 3 is 1.55 bits per heavy atom. The molecule has 0 heterocycles. The van der Waals surface area contributed by atoms with Gasteiger partial charge in [-0.2, -0.15) is 0 Å². The second kappa shape index (κ2) is 13.5. The normalized spacial score (nSPS) is 8.90. The van der Waals surface area contributed by atoms with Crippen LogP contribution in [0.4, 0.5) is 8.78 Å². The van der Waals surface area contributed by atoms with E-state index in [1.165, 1.54) is 12.5 Å². The van der Waals surface area contributed by atoms with Gasteiger partial charge in [0.05, 0.1) is 5.83 Å². The molecule has 0 saturated carbocycles. The molecule has 0 amide bonds. The quantitative estimate of drug-likeness (QED) is 0.427. The summed E-state index contributed by atoms with van der Waals surface area (Å²) in [7, 11) is 0. The summed E-state index contributed by atoms with van der Waals surface area (Å²) in [6.45, 7) is 10.1. The van der Waals surface area contributed by atoms with Gasteiger partial charge in [0.15, 0.2) is 0 Å². The highest BCUT2D eigenvalue weighted by Crippen LogP contribution is 2.09. The van der Waals surface area contributed by atoms with Crippen molar-refractivity contribution in [1.82, 2.24) is 0 Å². The molecular weight excluding hydrogens is 254 g/mol. The number of aryl methyl sites for hydroxylation is 1. The van der Waals surface area contributed by atoms with Gasteiger partial charge >= 0.3 is 0 Å². The van der Waals surface area contributed by atoms with Crippen LogP contribution >= 0.6 is 0 Å². The molecule has 0 N–H and O–H groups in total. The van der Waals surface area contributed by atoms with Crippen molar-refractivity contribution in [1.29, 1.82) is 0 Å². The van der Waals surface area contributed by atoms with Crippen LogP contribution in [0.5, 0.6) is 0 Å². The highest BCUT2D eigenvalue weighted by atomic mass is 19.1. The van der Waals surface area contributed by atoms with E-state index in [9.17, 15) is 8.78 Å². The Morgan fingerprint density at radius 1 is 0.950 bits per heavy atom. The van der Waals surface area contributed by atoms with E-state index in [1.807, 2.05) is 32.0 Å². The molecule has 0 fully saturated rings. The zero-order valence-electron chi connectivity index (χ0n) is 13.2. The van der Waals surface area contributed by atoms with E-state index in [1.54, 1.807) is 13.8 Å². The van der Waals surface area contributed by atoms with Gasteiger partial charge in [0, 0.05) is 6.08 Å². The first-order chi connectivity index (χ1) is 9.34. The smallest absolute Gasteiger partial charge is 0.124 e. The average molecular weight is 278 g/mol. The van der Waals surface area contributed by atoms with Crippen molar-refractivity contribution in [2.45, 2.75) is 41.5 Å². The zero-order valence-corrected chi connectivity index (χ0v) is 13.2. The fourth-order valence-corrected chi connectivity index (χ4v) is 0.853. The number of hydrogen-bond donors (Lipinski definition) is 0. The van der Waals surface area contributed by atoms with E-state index < -0.39 is 11.7 Å². The van der Waals surface area contributed by atoms with Gasteiger partial charge in [-0.25, -0.2) is 8.78 Å². The largest absolute Gasteiger partial charge is 0.212 e. The van der Waals surface area contributed by atoms with Crippen molar-refractivity contribution in [3.63, 3.8) is 0 Å². The lowest BCUT2D eigenvalue weighted by Gasteiger charge is -1.89. The molecule has 0 bridgehead atoms. The maximum absolute atomic E-state index is 12.3. The van der Waals surface area contributed by atoms with Gasteiger partial charge < -0.3 is 0 Å². The lowest BCUT2D eigenvalue weighted by Crippen LogP contribution is -1.71. The molecular formula is C18H24F2. The van der Waals surface area contributed by atoms with Crippen molar-refractivity contribution in [2.24, 2.45) is 0 Å². The Morgan fingerprint density at radius 2 is 1.40 bits per heavy atom. The molecule has 2 heteroatoms. The minimum atomic E-state index is -0.506. The lowest BCUT2D eigenvalue weighted by atomic mass is 10.2. The number of benzene rings is 1. The van der Waals surface area contributed by atoms with Gasteiger partial charge in [0.1, 0.15) is 5.83 Å². The fourth-order valence-electron chi connectivity index (χ4n) is 0.853. The Hall–Kier alpha value is -1.88. The number of halogens is 2. The van der Waals surface area contributed by atoms with E-state index >= 15 is 0 Å². The van der Waals surface area contributed by atoms with E-state index in [0.29, 0.717) is 5.57 Å². The van der Waals surface area contributed by atoms with Gasteiger partial charge in [0.25, 0.3) is 0 Å². The molecule has 110 valence electrons. The van der Waals surface area contributed by atoms with Crippen LogP contribution in [-0.2, 0) is 0 Å². The molecule has 0 radical (unpaired) electrons. The molecule has 1 aromatic rings. The van der Waals surface area contributed by atoms with Crippen LogP contribution in [0.25, 0.3) is 0 Å². The summed E-state index contributed by atoms with van der Waals surface area (Å²) in [5, 5.41) is 0.